The molecule has 1 saturated carbocycles. The Morgan fingerprint density at radius 2 is 2.00 bits per heavy atom. The number of carbonyl (C=O) groups excluding carboxylic acids is 2. The minimum atomic E-state index is -1.05. The second-order valence-electron chi connectivity index (χ2n) is 5.71. The Balaban J connectivity index is 1.66. The van der Waals surface area contributed by atoms with E-state index in [1.165, 1.54) is 0 Å². The van der Waals surface area contributed by atoms with Gasteiger partial charge in [-0.05, 0) is 31.6 Å². The van der Waals surface area contributed by atoms with E-state index in [0.29, 0.717) is 5.92 Å². The smallest absolute Gasteiger partial charge is 0.309 e. The van der Waals surface area contributed by atoms with Crippen molar-refractivity contribution in [1.29, 1.82) is 0 Å². The third-order valence-corrected chi connectivity index (χ3v) is 3.92. The lowest BCUT2D eigenvalue weighted by Crippen LogP contribution is -2.28. The average molecular weight is 296 g/mol. The van der Waals surface area contributed by atoms with Gasteiger partial charge in [0, 0.05) is 0 Å². The predicted octanol–water partition coefficient (Wildman–Crippen LogP) is 1.54. The summed E-state index contributed by atoms with van der Waals surface area (Å²) in [7, 11) is 0. The Bertz CT molecular complexity index is 455. The van der Waals surface area contributed by atoms with E-state index in [2.05, 4.69) is 12.2 Å². The zero-order valence-corrected chi connectivity index (χ0v) is 12.0. The van der Waals surface area contributed by atoms with Crippen molar-refractivity contribution < 1.29 is 29.0 Å². The van der Waals surface area contributed by atoms with Crippen LogP contribution in [0.3, 0.4) is 0 Å². The summed E-state index contributed by atoms with van der Waals surface area (Å²) < 4.78 is 10.2. The Hall–Kier alpha value is -1.85. The first-order valence-corrected chi connectivity index (χ1v) is 7.22. The van der Waals surface area contributed by atoms with E-state index in [4.69, 9.17) is 14.6 Å². The summed E-state index contributed by atoms with van der Waals surface area (Å²) in [5.41, 5.74) is 0. The first kappa shape index (κ1) is 15.5. The van der Waals surface area contributed by atoms with Crippen molar-refractivity contribution >= 4 is 17.9 Å². The van der Waals surface area contributed by atoms with Gasteiger partial charge in [-0.15, -0.1) is 0 Å². The molecule has 2 rings (SSSR count). The van der Waals surface area contributed by atoms with Crippen molar-refractivity contribution in [1.82, 2.24) is 0 Å². The fourth-order valence-electron chi connectivity index (χ4n) is 2.86. The maximum absolute atomic E-state index is 12.0. The number of ether oxygens (including phenoxy) is 2. The summed E-state index contributed by atoms with van der Waals surface area (Å²) in [6, 6.07) is 0. The fraction of sp³-hybridized carbons (Fsp3) is 0.667. The first-order chi connectivity index (χ1) is 9.95. The van der Waals surface area contributed by atoms with Crippen LogP contribution in [-0.4, -0.2) is 35.7 Å². The number of rotatable bonds is 7. The molecule has 116 valence electrons. The average Bonchev–Trinajstić information content (AvgIpc) is 3.05. The number of hydrogen-bond donors (Lipinski definition) is 1. The zero-order valence-electron chi connectivity index (χ0n) is 12.0. The van der Waals surface area contributed by atoms with Crippen molar-refractivity contribution in [2.45, 2.75) is 38.7 Å². The quantitative estimate of drug-likeness (QED) is 0.566. The highest BCUT2D eigenvalue weighted by Gasteiger charge is 2.41. The highest BCUT2D eigenvalue weighted by molar-refractivity contribution is 5.76. The highest BCUT2D eigenvalue weighted by atomic mass is 16.6. The van der Waals surface area contributed by atoms with Crippen LogP contribution in [0.2, 0.25) is 0 Å². The van der Waals surface area contributed by atoms with E-state index in [-0.39, 0.29) is 37.3 Å². The summed E-state index contributed by atoms with van der Waals surface area (Å²) >= 11 is 0. The van der Waals surface area contributed by atoms with Crippen molar-refractivity contribution in [2.24, 2.45) is 17.8 Å². The molecule has 2 aliphatic carbocycles. The van der Waals surface area contributed by atoms with Crippen molar-refractivity contribution in [3.8, 4) is 0 Å². The molecule has 0 heterocycles. The van der Waals surface area contributed by atoms with Crippen LogP contribution < -0.4 is 0 Å². The molecule has 4 atom stereocenters. The normalized spacial score (nSPS) is 27.4. The van der Waals surface area contributed by atoms with Gasteiger partial charge in [-0.1, -0.05) is 12.2 Å². The minimum absolute atomic E-state index is 0.0408. The Labute approximate surface area is 123 Å². The molecule has 2 aliphatic rings. The van der Waals surface area contributed by atoms with Gasteiger partial charge >= 0.3 is 17.9 Å². The molecule has 6 heteroatoms. The molecule has 0 aromatic rings. The molecular weight excluding hydrogens is 276 g/mol. The van der Waals surface area contributed by atoms with Gasteiger partial charge < -0.3 is 14.6 Å². The van der Waals surface area contributed by atoms with Crippen molar-refractivity contribution in [2.75, 3.05) is 6.61 Å². The second-order valence-corrected chi connectivity index (χ2v) is 5.71. The van der Waals surface area contributed by atoms with Crippen LogP contribution in [0, 0.1) is 17.8 Å². The molecular formula is C15H20O6. The maximum atomic E-state index is 12.0. The van der Waals surface area contributed by atoms with Crippen LogP contribution in [0.4, 0.5) is 0 Å². The van der Waals surface area contributed by atoms with Crippen molar-refractivity contribution in [3.05, 3.63) is 12.2 Å². The first-order valence-electron chi connectivity index (χ1n) is 7.22. The Kier molecular flexibility index (Phi) is 4.98. The molecule has 0 amide bonds. The molecule has 4 unspecified atom stereocenters. The molecule has 0 saturated heterocycles. The van der Waals surface area contributed by atoms with E-state index in [1.807, 2.05) is 0 Å². The summed E-state index contributed by atoms with van der Waals surface area (Å²) in [6.45, 7) is 1.62. The van der Waals surface area contributed by atoms with E-state index < -0.39 is 18.0 Å². The molecule has 0 aliphatic heterocycles. The molecule has 0 radical (unpaired) electrons. The number of aliphatic carboxylic acids is 1. The lowest BCUT2D eigenvalue weighted by Gasteiger charge is -2.20. The molecule has 0 aromatic heterocycles. The topological polar surface area (TPSA) is 89.9 Å². The van der Waals surface area contributed by atoms with Gasteiger partial charge in [0.1, 0.15) is 12.7 Å². The largest absolute Gasteiger partial charge is 0.481 e. The van der Waals surface area contributed by atoms with E-state index in [0.717, 1.165) is 12.8 Å². The van der Waals surface area contributed by atoms with E-state index in [9.17, 15) is 14.4 Å². The van der Waals surface area contributed by atoms with Gasteiger partial charge in [-0.3, -0.25) is 14.4 Å². The number of carbonyl (C=O) groups is 3. The molecule has 1 N–H and O–H groups in total. The van der Waals surface area contributed by atoms with Crippen molar-refractivity contribution in [3.63, 3.8) is 0 Å². The number of fused-ring (bicyclic) bond motifs is 2. The fourth-order valence-corrected chi connectivity index (χ4v) is 2.86. The van der Waals surface area contributed by atoms with Crippen LogP contribution in [0.5, 0.6) is 0 Å². The molecule has 1 fully saturated rings. The molecule has 2 bridgehead atoms. The number of hydrogen-bond acceptors (Lipinski definition) is 5. The SMILES string of the molecule is CC(COC(=O)CCC(=O)O)OC(=O)C1CC2C=CC1C2. The molecule has 0 spiro atoms. The van der Waals surface area contributed by atoms with E-state index >= 15 is 0 Å². The zero-order chi connectivity index (χ0) is 15.4. The lowest BCUT2D eigenvalue weighted by atomic mass is 9.94. The minimum Gasteiger partial charge on any atom is -0.481 e. The van der Waals surface area contributed by atoms with Crippen LogP contribution in [0.1, 0.15) is 32.6 Å². The van der Waals surface area contributed by atoms with Gasteiger partial charge in [-0.25, -0.2) is 0 Å². The molecule has 6 nitrogen and oxygen atoms in total. The monoisotopic (exact) mass is 296 g/mol. The van der Waals surface area contributed by atoms with Crippen LogP contribution in [0.25, 0.3) is 0 Å². The maximum Gasteiger partial charge on any atom is 0.309 e. The van der Waals surface area contributed by atoms with Gasteiger partial charge in [0.2, 0.25) is 0 Å². The Morgan fingerprint density at radius 1 is 1.24 bits per heavy atom. The summed E-state index contributed by atoms with van der Waals surface area (Å²) in [5.74, 6) is -1.17. The van der Waals surface area contributed by atoms with Gasteiger partial charge in [0.25, 0.3) is 0 Å². The van der Waals surface area contributed by atoms with Crippen LogP contribution in [-0.2, 0) is 23.9 Å². The van der Waals surface area contributed by atoms with E-state index in [1.54, 1.807) is 6.92 Å². The summed E-state index contributed by atoms with van der Waals surface area (Å²) in [5, 5.41) is 8.45. The van der Waals surface area contributed by atoms with Crippen LogP contribution in [0.15, 0.2) is 12.2 Å². The number of allylic oxidation sites excluding steroid dienone is 2. The van der Waals surface area contributed by atoms with Crippen LogP contribution >= 0.6 is 0 Å². The predicted molar refractivity (Wildman–Crippen MR) is 72.2 cm³/mol. The van der Waals surface area contributed by atoms with Gasteiger partial charge in [-0.2, -0.15) is 0 Å². The number of carboxylic acids is 1. The third-order valence-electron chi connectivity index (χ3n) is 3.92. The Morgan fingerprint density at radius 3 is 2.57 bits per heavy atom. The summed E-state index contributed by atoms with van der Waals surface area (Å²) in [6.07, 6.45) is 5.15. The lowest BCUT2D eigenvalue weighted by molar-refractivity contribution is -0.162. The summed E-state index contributed by atoms with van der Waals surface area (Å²) in [4.78, 5) is 33.6. The molecule has 0 aromatic carbocycles. The molecule has 21 heavy (non-hydrogen) atoms. The number of esters is 2. The number of carboxylic acid groups (broad SMARTS) is 1. The third kappa shape index (κ3) is 4.31. The second kappa shape index (κ2) is 6.74. The highest BCUT2D eigenvalue weighted by Crippen LogP contribution is 2.43. The van der Waals surface area contributed by atoms with Gasteiger partial charge in [0.15, 0.2) is 0 Å². The standard InChI is InChI=1S/C15H20O6/c1-9(8-20-14(18)5-4-13(16)17)21-15(19)12-7-10-2-3-11(12)6-10/h2-3,9-12H,4-8H2,1H3,(H,16,17). The van der Waals surface area contributed by atoms with Gasteiger partial charge in [0.05, 0.1) is 18.8 Å².